The Morgan fingerprint density at radius 1 is 0.279 bits per heavy atom. The van der Waals surface area contributed by atoms with Crippen LogP contribution < -0.4 is 0 Å². The fraction of sp³-hybridized carbons (Fsp3) is 0.0172. The number of aromatic nitrogens is 3. The normalized spacial score (nSPS) is 12.7. The summed E-state index contributed by atoms with van der Waals surface area (Å²) >= 11 is 0. The number of rotatable bonds is 6. The van der Waals surface area contributed by atoms with E-state index < -0.39 is 0 Å². The molecule has 0 bridgehead atoms. The zero-order valence-electron chi connectivity index (χ0n) is 33.2. The molecule has 12 rings (SSSR count). The largest absolute Gasteiger partial charge is 0.264 e. The van der Waals surface area contributed by atoms with Gasteiger partial charge in [0.2, 0.25) is 0 Å². The topological polar surface area (TPSA) is 38.7 Å². The summed E-state index contributed by atoms with van der Waals surface area (Å²) in [4.78, 5) is 14.5. The maximum atomic E-state index is 5.10. The molecule has 61 heavy (non-hydrogen) atoms. The third kappa shape index (κ3) is 5.62. The molecular weight excluding hydrogens is 739 g/mol. The summed E-state index contributed by atoms with van der Waals surface area (Å²) < 4.78 is 0. The second-order valence-corrected chi connectivity index (χ2v) is 16.0. The Morgan fingerprint density at radius 3 is 1.31 bits per heavy atom. The first-order valence-electron chi connectivity index (χ1n) is 20.8. The quantitative estimate of drug-likeness (QED) is 0.169. The highest BCUT2D eigenvalue weighted by Crippen LogP contribution is 2.63. The predicted molar refractivity (Wildman–Crippen MR) is 249 cm³/mol. The number of fused-ring (bicyclic) bond motifs is 10. The van der Waals surface area contributed by atoms with Crippen molar-refractivity contribution in [1.82, 2.24) is 15.0 Å². The Bertz CT molecular complexity index is 3230. The third-order valence-corrected chi connectivity index (χ3v) is 12.6. The molecule has 0 fully saturated rings. The molecule has 0 aliphatic heterocycles. The molecule has 284 valence electrons. The molecule has 2 aliphatic rings. The Hall–Kier alpha value is -8.01. The molecule has 2 aliphatic carbocycles. The predicted octanol–water partition coefficient (Wildman–Crippen LogP) is 14.2. The van der Waals surface area contributed by atoms with Gasteiger partial charge in [0.25, 0.3) is 0 Å². The molecule has 2 heterocycles. The van der Waals surface area contributed by atoms with Crippen molar-refractivity contribution < 1.29 is 0 Å². The summed E-state index contributed by atoms with van der Waals surface area (Å²) in [6.45, 7) is 0. The van der Waals surface area contributed by atoms with Crippen molar-refractivity contribution >= 4 is 0 Å². The molecule has 0 amide bonds. The smallest absolute Gasteiger partial charge is 0.160 e. The van der Waals surface area contributed by atoms with E-state index in [1.165, 1.54) is 61.2 Å². The van der Waals surface area contributed by atoms with E-state index in [4.69, 9.17) is 9.97 Å². The number of benzene rings is 8. The van der Waals surface area contributed by atoms with Crippen LogP contribution in [-0.2, 0) is 5.41 Å². The van der Waals surface area contributed by atoms with Gasteiger partial charge in [0.1, 0.15) is 0 Å². The lowest BCUT2D eigenvalue weighted by molar-refractivity contribution is 0.794. The van der Waals surface area contributed by atoms with E-state index in [2.05, 4.69) is 193 Å². The van der Waals surface area contributed by atoms with Gasteiger partial charge in [-0.1, -0.05) is 188 Å². The van der Waals surface area contributed by atoms with Crippen LogP contribution in [-0.4, -0.2) is 15.0 Å². The van der Waals surface area contributed by atoms with Crippen LogP contribution in [0.5, 0.6) is 0 Å². The first kappa shape index (κ1) is 35.0. The Morgan fingerprint density at radius 2 is 0.721 bits per heavy atom. The van der Waals surface area contributed by atoms with Gasteiger partial charge in [-0.3, -0.25) is 4.98 Å². The Kier molecular flexibility index (Phi) is 8.07. The lowest BCUT2D eigenvalue weighted by Crippen LogP contribution is -2.25. The monoisotopic (exact) mass is 775 g/mol. The van der Waals surface area contributed by atoms with Crippen LogP contribution in [0.1, 0.15) is 22.3 Å². The molecule has 3 nitrogen and oxygen atoms in total. The fourth-order valence-electron chi connectivity index (χ4n) is 9.82. The average molecular weight is 776 g/mol. The van der Waals surface area contributed by atoms with Crippen LogP contribution in [0.25, 0.3) is 89.5 Å². The molecule has 0 saturated carbocycles. The van der Waals surface area contributed by atoms with Crippen LogP contribution >= 0.6 is 0 Å². The van der Waals surface area contributed by atoms with Gasteiger partial charge in [-0.15, -0.1) is 0 Å². The maximum absolute atomic E-state index is 5.10. The van der Waals surface area contributed by atoms with Gasteiger partial charge in [-0.2, -0.15) is 0 Å². The van der Waals surface area contributed by atoms with E-state index >= 15 is 0 Å². The van der Waals surface area contributed by atoms with Gasteiger partial charge in [0, 0.05) is 29.1 Å². The minimum Gasteiger partial charge on any atom is -0.264 e. The molecule has 8 aromatic carbocycles. The van der Waals surface area contributed by atoms with E-state index in [9.17, 15) is 0 Å². The van der Waals surface area contributed by atoms with E-state index in [0.29, 0.717) is 5.82 Å². The van der Waals surface area contributed by atoms with E-state index in [0.717, 1.165) is 44.8 Å². The van der Waals surface area contributed by atoms with Crippen molar-refractivity contribution in [3.63, 3.8) is 0 Å². The highest BCUT2D eigenvalue weighted by molar-refractivity contribution is 5.96. The van der Waals surface area contributed by atoms with Gasteiger partial charge in [-0.25, -0.2) is 9.97 Å². The molecular formula is C58H37N3. The lowest BCUT2D eigenvalue weighted by Gasteiger charge is -2.30. The van der Waals surface area contributed by atoms with Gasteiger partial charge >= 0.3 is 0 Å². The summed E-state index contributed by atoms with van der Waals surface area (Å²) in [6, 6.07) is 76.6. The first-order chi connectivity index (χ1) is 30.2. The molecule has 3 heteroatoms. The van der Waals surface area contributed by atoms with Crippen molar-refractivity contribution in [3.05, 3.63) is 247 Å². The minimum absolute atomic E-state index is 0.335. The molecule has 1 spiro atoms. The van der Waals surface area contributed by atoms with E-state index in [-0.39, 0.29) is 5.41 Å². The van der Waals surface area contributed by atoms with Crippen LogP contribution in [0, 0.1) is 0 Å². The lowest BCUT2D eigenvalue weighted by atomic mass is 9.70. The maximum Gasteiger partial charge on any atom is 0.160 e. The Balaban J connectivity index is 0.895. The summed E-state index contributed by atoms with van der Waals surface area (Å²) in [7, 11) is 0. The van der Waals surface area contributed by atoms with Gasteiger partial charge < -0.3 is 0 Å². The van der Waals surface area contributed by atoms with Gasteiger partial charge in [0.15, 0.2) is 5.82 Å². The number of hydrogen-bond acceptors (Lipinski definition) is 3. The Labute approximate surface area is 355 Å². The summed E-state index contributed by atoms with van der Waals surface area (Å²) in [5.74, 6) is 0.699. The molecule has 0 atom stereocenters. The molecule has 10 aromatic rings. The van der Waals surface area contributed by atoms with Crippen molar-refractivity contribution in [3.8, 4) is 89.5 Å². The SMILES string of the molecule is c1ccc(-c2nc(-c3ccc(-c4cccnc4)cc3)cc(-c3ccc(-c4cccc(-c5ccc6c(c5)-c5ccccc5C65c6ccccc6-c6ccccc65)c4)cc3)n2)cc1. The number of hydrogen-bond donors (Lipinski definition) is 0. The zero-order chi connectivity index (χ0) is 40.3. The molecule has 0 unspecified atom stereocenters. The molecule has 0 N–H and O–H groups in total. The van der Waals surface area contributed by atoms with Crippen molar-refractivity contribution in [1.29, 1.82) is 0 Å². The van der Waals surface area contributed by atoms with Crippen LogP contribution in [0.2, 0.25) is 0 Å². The van der Waals surface area contributed by atoms with Crippen molar-refractivity contribution in [2.24, 2.45) is 0 Å². The van der Waals surface area contributed by atoms with Gasteiger partial charge in [0.05, 0.1) is 16.8 Å². The second-order valence-electron chi connectivity index (χ2n) is 16.0. The summed E-state index contributed by atoms with van der Waals surface area (Å²) in [6.07, 6.45) is 3.69. The number of nitrogens with zero attached hydrogens (tertiary/aromatic N) is 3. The van der Waals surface area contributed by atoms with Crippen LogP contribution in [0.3, 0.4) is 0 Å². The third-order valence-electron chi connectivity index (χ3n) is 12.6. The average Bonchev–Trinajstić information content (AvgIpc) is 3.82. The zero-order valence-corrected chi connectivity index (χ0v) is 33.2. The van der Waals surface area contributed by atoms with Gasteiger partial charge in [-0.05, 0) is 102 Å². The molecule has 0 radical (unpaired) electrons. The first-order valence-corrected chi connectivity index (χ1v) is 20.8. The fourth-order valence-corrected chi connectivity index (χ4v) is 9.82. The summed E-state index contributed by atoms with van der Waals surface area (Å²) in [5.41, 5.74) is 22.1. The van der Waals surface area contributed by atoms with Crippen molar-refractivity contribution in [2.75, 3.05) is 0 Å². The second kappa shape index (κ2) is 14.1. The summed E-state index contributed by atoms with van der Waals surface area (Å²) in [5, 5.41) is 0. The van der Waals surface area contributed by atoms with E-state index in [1.807, 2.05) is 30.5 Å². The number of pyridine rings is 1. The van der Waals surface area contributed by atoms with E-state index in [1.54, 1.807) is 6.20 Å². The molecule has 2 aromatic heterocycles. The van der Waals surface area contributed by atoms with Crippen LogP contribution in [0.4, 0.5) is 0 Å². The molecule has 0 saturated heterocycles. The highest BCUT2D eigenvalue weighted by atomic mass is 14.9. The highest BCUT2D eigenvalue weighted by Gasteiger charge is 2.51. The van der Waals surface area contributed by atoms with Crippen LogP contribution in [0.15, 0.2) is 225 Å². The van der Waals surface area contributed by atoms with Crippen molar-refractivity contribution in [2.45, 2.75) is 5.41 Å². The minimum atomic E-state index is -0.335. The standard InChI is InChI=1S/C58H37N3/c1-2-12-42(13-3-1)57-60-55(36-56(61-57)41-29-25-39(26-30-41)46-16-11-33-59-37-46)40-27-23-38(24-28-40)43-14-10-15-44(34-43)45-31-32-54-50(35-45)49-19-6-9-22-53(49)58(54)51-20-7-4-17-47(51)48-18-5-8-21-52(48)58/h1-37H.